The van der Waals surface area contributed by atoms with E-state index in [1.54, 1.807) is 0 Å². The fourth-order valence-corrected chi connectivity index (χ4v) is 1.26. The van der Waals surface area contributed by atoms with Crippen LogP contribution in [0.3, 0.4) is 0 Å². The molecule has 0 aromatic rings. The summed E-state index contributed by atoms with van der Waals surface area (Å²) in [6.45, 7) is 1.04. The number of rotatable bonds is 0. The first-order valence-electron chi connectivity index (χ1n) is 2.26. The fourth-order valence-electron chi connectivity index (χ4n) is 0.469. The molecule has 1 nitrogen and oxygen atoms in total. The quantitative estimate of drug-likeness (QED) is 0.374. The van der Waals surface area contributed by atoms with Gasteiger partial charge in [0.15, 0.2) is 0 Å². The number of allylic oxidation sites excluding steroid dienone is 2. The molecule has 1 heterocycles. The van der Waals surface area contributed by atoms with Gasteiger partial charge in [-0.1, -0.05) is 12.2 Å². The first-order valence-corrected chi connectivity index (χ1v) is 4.31. The molecule has 0 aromatic heterocycles. The van der Waals surface area contributed by atoms with E-state index in [9.17, 15) is 0 Å². The van der Waals surface area contributed by atoms with Crippen LogP contribution in [0.15, 0.2) is 21.9 Å². The van der Waals surface area contributed by atoms with Crippen molar-refractivity contribution >= 4 is 45.5 Å². The number of nitrogens with zero attached hydrogens (tertiary/aromatic N) is 1. The fraction of sp³-hybridized carbons (Fsp3) is 0.200. The highest BCUT2D eigenvalue weighted by atomic mass is 127. The summed E-state index contributed by atoms with van der Waals surface area (Å²) >= 11 is 4.60. The molecule has 1 aliphatic rings. The van der Waals surface area contributed by atoms with E-state index in [0.29, 0.717) is 0 Å². The molecular formula is C5H5I2N. The lowest BCUT2D eigenvalue weighted by Crippen LogP contribution is -2.08. The first kappa shape index (κ1) is 6.85. The third kappa shape index (κ3) is 1.61. The zero-order chi connectivity index (χ0) is 5.98. The summed E-state index contributed by atoms with van der Waals surface area (Å²) < 4.78 is 3.46. The second-order valence-electron chi connectivity index (χ2n) is 1.46. The van der Waals surface area contributed by atoms with Crippen molar-refractivity contribution in [2.75, 3.05) is 6.54 Å². The summed E-state index contributed by atoms with van der Waals surface area (Å²) in [5, 5.41) is 0. The molecule has 0 saturated heterocycles. The van der Waals surface area contributed by atoms with Gasteiger partial charge in [-0.3, -0.25) is 0 Å². The smallest absolute Gasteiger partial charge is 0.0847 e. The van der Waals surface area contributed by atoms with Crippen molar-refractivity contribution in [3.8, 4) is 0 Å². The molecule has 1 aliphatic heterocycles. The van der Waals surface area contributed by atoms with Crippen LogP contribution in [0, 0.1) is 0 Å². The van der Waals surface area contributed by atoms with Crippen LogP contribution < -0.4 is 0 Å². The van der Waals surface area contributed by atoms with Crippen LogP contribution in [0.5, 0.6) is 0 Å². The van der Waals surface area contributed by atoms with E-state index in [1.807, 2.05) is 0 Å². The molecule has 0 N–H and O–H groups in total. The normalized spacial score (nSPS) is 18.8. The van der Waals surface area contributed by atoms with Crippen LogP contribution in [0.25, 0.3) is 0 Å². The van der Waals surface area contributed by atoms with Gasteiger partial charge in [0.1, 0.15) is 0 Å². The second kappa shape index (κ2) is 3.05. The third-order valence-electron chi connectivity index (χ3n) is 0.867. The highest BCUT2D eigenvalue weighted by Crippen LogP contribution is 2.20. The molecule has 3 heteroatoms. The van der Waals surface area contributed by atoms with E-state index in [1.165, 1.54) is 3.70 Å². The van der Waals surface area contributed by atoms with Gasteiger partial charge in [0, 0.05) is 6.54 Å². The van der Waals surface area contributed by atoms with Crippen LogP contribution in [0.2, 0.25) is 0 Å². The van der Waals surface area contributed by atoms with Gasteiger partial charge in [-0.15, -0.1) is 0 Å². The lowest BCUT2D eigenvalue weighted by atomic mass is 10.4. The van der Waals surface area contributed by atoms with Crippen molar-refractivity contribution in [2.24, 2.45) is 0 Å². The maximum absolute atomic E-state index is 2.31. The molecule has 0 amide bonds. The minimum atomic E-state index is 1.04. The Labute approximate surface area is 76.5 Å². The maximum atomic E-state index is 2.31. The molecule has 0 fully saturated rings. The van der Waals surface area contributed by atoms with Crippen LogP contribution in [-0.2, 0) is 0 Å². The predicted molar refractivity (Wildman–Crippen MR) is 52.0 cm³/mol. The van der Waals surface area contributed by atoms with E-state index < -0.39 is 0 Å². The van der Waals surface area contributed by atoms with Crippen LogP contribution in [0.1, 0.15) is 0 Å². The molecule has 0 bridgehead atoms. The zero-order valence-electron chi connectivity index (χ0n) is 4.14. The summed E-state index contributed by atoms with van der Waals surface area (Å²) in [4.78, 5) is 0. The molecule has 0 saturated carbocycles. The molecule has 0 aromatic carbocycles. The van der Waals surface area contributed by atoms with E-state index in [0.717, 1.165) is 6.54 Å². The van der Waals surface area contributed by atoms with Crippen molar-refractivity contribution in [3.05, 3.63) is 21.9 Å². The summed E-state index contributed by atoms with van der Waals surface area (Å²) in [6, 6.07) is 0. The van der Waals surface area contributed by atoms with E-state index in [4.69, 9.17) is 0 Å². The van der Waals surface area contributed by atoms with Gasteiger partial charge in [0.25, 0.3) is 0 Å². The molecule has 0 unspecified atom stereocenters. The Kier molecular flexibility index (Phi) is 2.61. The van der Waals surface area contributed by atoms with Gasteiger partial charge in [-0.05, 0) is 28.7 Å². The van der Waals surface area contributed by atoms with Gasteiger partial charge in [0.2, 0.25) is 0 Å². The number of hydrogen-bond acceptors (Lipinski definition) is 1. The average molecular weight is 333 g/mol. The molecule has 0 aliphatic carbocycles. The summed E-state index contributed by atoms with van der Waals surface area (Å²) in [5.74, 6) is 0. The van der Waals surface area contributed by atoms with E-state index in [-0.39, 0.29) is 0 Å². The lowest BCUT2D eigenvalue weighted by Gasteiger charge is -2.14. The molecule has 0 spiro atoms. The molecule has 8 heavy (non-hydrogen) atoms. The van der Waals surface area contributed by atoms with Crippen LogP contribution in [-0.4, -0.2) is 9.66 Å². The van der Waals surface area contributed by atoms with Gasteiger partial charge in [-0.25, -0.2) is 0 Å². The van der Waals surface area contributed by atoms with Crippen molar-refractivity contribution in [1.29, 1.82) is 0 Å². The lowest BCUT2D eigenvalue weighted by molar-refractivity contribution is 0.735. The predicted octanol–water partition coefficient (Wildman–Crippen LogP) is 2.48. The van der Waals surface area contributed by atoms with E-state index >= 15 is 0 Å². The van der Waals surface area contributed by atoms with E-state index in [2.05, 4.69) is 66.8 Å². The van der Waals surface area contributed by atoms with Gasteiger partial charge in [-0.2, -0.15) is 0 Å². The standard InChI is InChI=1S/C5H5I2N/c6-5-3-1-2-4-8(5)7/h1-3H,4H2. The minimum absolute atomic E-state index is 1.04. The average Bonchev–Trinajstić information content (AvgIpc) is 1.77. The largest absolute Gasteiger partial charge is 0.306 e. The SMILES string of the molecule is IC1=CC=CCN1I. The van der Waals surface area contributed by atoms with Gasteiger partial charge >= 0.3 is 0 Å². The molecule has 1 rings (SSSR count). The highest BCUT2D eigenvalue weighted by Gasteiger charge is 2.00. The Bertz CT molecular complexity index is 139. The first-order chi connectivity index (χ1) is 3.80. The summed E-state index contributed by atoms with van der Waals surface area (Å²) in [7, 11) is 0. The zero-order valence-corrected chi connectivity index (χ0v) is 8.46. The Morgan fingerprint density at radius 1 is 1.62 bits per heavy atom. The maximum Gasteiger partial charge on any atom is 0.0847 e. The summed E-state index contributed by atoms with van der Waals surface area (Å²) in [6.07, 6.45) is 6.31. The van der Waals surface area contributed by atoms with Crippen molar-refractivity contribution in [1.82, 2.24) is 3.11 Å². The van der Waals surface area contributed by atoms with Gasteiger partial charge < -0.3 is 3.11 Å². The summed E-state index contributed by atoms with van der Waals surface area (Å²) in [5.41, 5.74) is 0. The minimum Gasteiger partial charge on any atom is -0.306 e. The third-order valence-corrected chi connectivity index (χ3v) is 3.65. The Balaban J connectivity index is 2.66. The van der Waals surface area contributed by atoms with Crippen LogP contribution in [0.4, 0.5) is 0 Å². The monoisotopic (exact) mass is 333 g/mol. The van der Waals surface area contributed by atoms with Gasteiger partial charge in [0.05, 0.1) is 26.6 Å². The van der Waals surface area contributed by atoms with Crippen LogP contribution >= 0.6 is 45.5 Å². The molecule has 44 valence electrons. The molecule has 0 atom stereocenters. The highest BCUT2D eigenvalue weighted by molar-refractivity contribution is 14.1. The Hall–Kier alpha value is 0.740. The molecule has 0 radical (unpaired) electrons. The molecular weight excluding hydrogens is 328 g/mol. The van der Waals surface area contributed by atoms with Crippen molar-refractivity contribution in [2.45, 2.75) is 0 Å². The Morgan fingerprint density at radius 2 is 2.38 bits per heavy atom. The topological polar surface area (TPSA) is 3.24 Å². The number of hydrogen-bond donors (Lipinski definition) is 0. The second-order valence-corrected chi connectivity index (χ2v) is 3.73. The van der Waals surface area contributed by atoms with Crippen molar-refractivity contribution < 1.29 is 0 Å². The van der Waals surface area contributed by atoms with Crippen molar-refractivity contribution in [3.63, 3.8) is 0 Å². The Morgan fingerprint density at radius 3 is 2.75 bits per heavy atom. The number of halogens is 2.